The molecule has 0 aliphatic carbocycles. The van der Waals surface area contributed by atoms with Gasteiger partial charge in [-0.25, -0.2) is 4.98 Å². The lowest BCUT2D eigenvalue weighted by Gasteiger charge is -2.11. The van der Waals surface area contributed by atoms with Crippen molar-refractivity contribution in [2.24, 2.45) is 0 Å². The maximum Gasteiger partial charge on any atom is 0.387 e. The average Bonchev–Trinajstić information content (AvgIpc) is 2.45. The van der Waals surface area contributed by atoms with E-state index in [-0.39, 0.29) is 18.0 Å². The molecule has 2 rings (SSSR count). The van der Waals surface area contributed by atoms with Crippen molar-refractivity contribution < 1.29 is 18.3 Å². The smallest absolute Gasteiger partial charge is 0.387 e. The third-order valence-corrected chi connectivity index (χ3v) is 3.02. The van der Waals surface area contributed by atoms with E-state index in [2.05, 4.69) is 31.0 Å². The number of nitrogens with zero attached hydrogens (tertiary/aromatic N) is 1. The molecule has 0 fully saturated rings. The van der Waals surface area contributed by atoms with E-state index < -0.39 is 12.5 Å². The largest absolute Gasteiger partial charge is 0.434 e. The number of aromatic nitrogens is 1. The van der Waals surface area contributed by atoms with Gasteiger partial charge in [0.05, 0.1) is 0 Å². The Morgan fingerprint density at radius 1 is 1.24 bits per heavy atom. The van der Waals surface area contributed by atoms with Gasteiger partial charge in [0.2, 0.25) is 0 Å². The number of alkyl halides is 2. The molecule has 0 saturated heterocycles. The number of rotatable bonds is 5. The summed E-state index contributed by atoms with van der Waals surface area (Å²) < 4.78 is 29.5. The van der Waals surface area contributed by atoms with Crippen molar-refractivity contribution in [3.8, 4) is 5.75 Å². The molecule has 1 amide bonds. The van der Waals surface area contributed by atoms with Crippen LogP contribution in [-0.2, 0) is 6.54 Å². The van der Waals surface area contributed by atoms with Crippen molar-refractivity contribution in [3.63, 3.8) is 0 Å². The Balaban J connectivity index is 2.04. The van der Waals surface area contributed by atoms with Gasteiger partial charge in [0.1, 0.15) is 16.0 Å². The van der Waals surface area contributed by atoms with Crippen LogP contribution in [0.2, 0.25) is 0 Å². The Morgan fingerprint density at radius 3 is 2.71 bits per heavy atom. The van der Waals surface area contributed by atoms with Crippen molar-refractivity contribution >= 4 is 21.8 Å². The number of benzene rings is 1. The Kier molecular flexibility index (Phi) is 5.21. The number of halogens is 3. The Morgan fingerprint density at radius 2 is 2.00 bits per heavy atom. The summed E-state index contributed by atoms with van der Waals surface area (Å²) in [5, 5.41) is 2.61. The maximum absolute atomic E-state index is 12.3. The lowest BCUT2D eigenvalue weighted by molar-refractivity contribution is -0.0504. The highest BCUT2D eigenvalue weighted by molar-refractivity contribution is 9.10. The molecule has 7 heteroatoms. The summed E-state index contributed by atoms with van der Waals surface area (Å²) in [5.74, 6) is -0.363. The first-order valence-corrected chi connectivity index (χ1v) is 6.79. The van der Waals surface area contributed by atoms with Gasteiger partial charge >= 0.3 is 6.61 Å². The molecule has 0 aliphatic rings. The summed E-state index contributed by atoms with van der Waals surface area (Å²) in [7, 11) is 0. The van der Waals surface area contributed by atoms with E-state index >= 15 is 0 Å². The Hall–Kier alpha value is -2.02. The molecule has 1 aromatic carbocycles. The monoisotopic (exact) mass is 356 g/mol. The van der Waals surface area contributed by atoms with E-state index in [9.17, 15) is 13.6 Å². The molecule has 1 N–H and O–H groups in total. The predicted octanol–water partition coefficient (Wildman–Crippen LogP) is 3.38. The van der Waals surface area contributed by atoms with Gasteiger partial charge in [-0.3, -0.25) is 4.79 Å². The first kappa shape index (κ1) is 15.4. The summed E-state index contributed by atoms with van der Waals surface area (Å²) in [6, 6.07) is 11.2. The highest BCUT2D eigenvalue weighted by Crippen LogP contribution is 2.20. The normalized spacial score (nSPS) is 10.5. The molecular formula is C14H11BrF2N2O2. The number of ether oxygens (including phenoxy) is 1. The second-order valence-corrected chi connectivity index (χ2v) is 4.83. The van der Waals surface area contributed by atoms with Crippen LogP contribution in [0.1, 0.15) is 16.1 Å². The molecule has 0 radical (unpaired) electrons. The fourth-order valence-electron chi connectivity index (χ4n) is 1.66. The lowest BCUT2D eigenvalue weighted by Crippen LogP contribution is -2.24. The van der Waals surface area contributed by atoms with Gasteiger partial charge in [0.15, 0.2) is 0 Å². The standard InChI is InChI=1S/C14H11BrF2N2O2/c15-12-7-3-5-10(19-12)13(20)18-8-9-4-1-2-6-11(9)21-14(16)17/h1-7,14H,8H2,(H,18,20). The van der Waals surface area contributed by atoms with Crippen LogP contribution >= 0.6 is 15.9 Å². The molecule has 110 valence electrons. The maximum atomic E-state index is 12.3. The number of nitrogens with one attached hydrogen (secondary N) is 1. The molecular weight excluding hydrogens is 346 g/mol. The van der Waals surface area contributed by atoms with Crippen molar-refractivity contribution in [2.45, 2.75) is 13.2 Å². The van der Waals surface area contributed by atoms with Gasteiger partial charge < -0.3 is 10.1 Å². The molecule has 1 heterocycles. The minimum absolute atomic E-state index is 0.0370. The molecule has 1 aromatic heterocycles. The van der Waals surface area contributed by atoms with E-state index in [0.717, 1.165) is 0 Å². The topological polar surface area (TPSA) is 51.2 Å². The van der Waals surface area contributed by atoms with Crippen LogP contribution in [0.25, 0.3) is 0 Å². The van der Waals surface area contributed by atoms with Crippen molar-refractivity contribution in [3.05, 3.63) is 58.3 Å². The zero-order chi connectivity index (χ0) is 15.2. The van der Waals surface area contributed by atoms with Gasteiger partial charge in [-0.2, -0.15) is 8.78 Å². The molecule has 2 aromatic rings. The average molecular weight is 357 g/mol. The van der Waals surface area contributed by atoms with Gasteiger partial charge in [0, 0.05) is 12.1 Å². The fraction of sp³-hybridized carbons (Fsp3) is 0.143. The third kappa shape index (κ3) is 4.49. The van der Waals surface area contributed by atoms with Crippen LogP contribution < -0.4 is 10.1 Å². The molecule has 0 atom stereocenters. The zero-order valence-corrected chi connectivity index (χ0v) is 12.3. The second kappa shape index (κ2) is 7.12. The van der Waals surface area contributed by atoms with E-state index in [0.29, 0.717) is 10.2 Å². The van der Waals surface area contributed by atoms with Crippen LogP contribution in [0.3, 0.4) is 0 Å². The molecule has 0 aliphatic heterocycles. The first-order chi connectivity index (χ1) is 10.1. The van der Waals surface area contributed by atoms with E-state index in [1.165, 1.54) is 6.07 Å². The van der Waals surface area contributed by atoms with E-state index in [1.807, 2.05) is 0 Å². The molecule has 0 unspecified atom stereocenters. The predicted molar refractivity (Wildman–Crippen MR) is 76.2 cm³/mol. The highest BCUT2D eigenvalue weighted by Gasteiger charge is 2.11. The summed E-state index contributed by atoms with van der Waals surface area (Å²) >= 11 is 3.17. The molecule has 21 heavy (non-hydrogen) atoms. The quantitative estimate of drug-likeness (QED) is 0.835. The highest BCUT2D eigenvalue weighted by atomic mass is 79.9. The number of amides is 1. The fourth-order valence-corrected chi connectivity index (χ4v) is 2.01. The number of hydrogen-bond donors (Lipinski definition) is 1. The summed E-state index contributed by atoms with van der Waals surface area (Å²) in [6.45, 7) is -2.84. The SMILES string of the molecule is O=C(NCc1ccccc1OC(F)F)c1cccc(Br)n1. The minimum atomic E-state index is -2.91. The van der Waals surface area contributed by atoms with Gasteiger partial charge in [-0.15, -0.1) is 0 Å². The zero-order valence-electron chi connectivity index (χ0n) is 10.7. The Labute approximate surface area is 128 Å². The number of carbonyl (C=O) groups excluding carboxylic acids is 1. The lowest BCUT2D eigenvalue weighted by atomic mass is 10.2. The number of hydrogen-bond acceptors (Lipinski definition) is 3. The van der Waals surface area contributed by atoms with Gasteiger partial charge in [-0.1, -0.05) is 24.3 Å². The number of para-hydroxylation sites is 1. The van der Waals surface area contributed by atoms with Gasteiger partial charge in [-0.05, 0) is 34.1 Å². The van der Waals surface area contributed by atoms with E-state index in [4.69, 9.17) is 0 Å². The van der Waals surface area contributed by atoms with Crippen LogP contribution in [-0.4, -0.2) is 17.5 Å². The van der Waals surface area contributed by atoms with Crippen LogP contribution in [0.15, 0.2) is 47.1 Å². The van der Waals surface area contributed by atoms with Crippen LogP contribution in [0.5, 0.6) is 5.75 Å². The summed E-state index contributed by atoms with van der Waals surface area (Å²) in [6.07, 6.45) is 0. The first-order valence-electron chi connectivity index (χ1n) is 6.00. The molecule has 4 nitrogen and oxygen atoms in total. The Bertz CT molecular complexity index is 638. The van der Waals surface area contributed by atoms with Gasteiger partial charge in [0.25, 0.3) is 5.91 Å². The second-order valence-electron chi connectivity index (χ2n) is 4.01. The molecule has 0 bridgehead atoms. The van der Waals surface area contributed by atoms with Crippen molar-refractivity contribution in [1.82, 2.24) is 10.3 Å². The number of carbonyl (C=O) groups is 1. The molecule has 0 spiro atoms. The summed E-state index contributed by atoms with van der Waals surface area (Å²) in [4.78, 5) is 15.9. The number of pyridine rings is 1. The van der Waals surface area contributed by atoms with Crippen LogP contribution in [0.4, 0.5) is 8.78 Å². The third-order valence-electron chi connectivity index (χ3n) is 2.58. The minimum Gasteiger partial charge on any atom is -0.434 e. The van der Waals surface area contributed by atoms with Crippen molar-refractivity contribution in [2.75, 3.05) is 0 Å². The summed E-state index contributed by atoms with van der Waals surface area (Å²) in [5.41, 5.74) is 0.692. The van der Waals surface area contributed by atoms with E-state index in [1.54, 1.807) is 36.4 Å². The van der Waals surface area contributed by atoms with Crippen molar-refractivity contribution in [1.29, 1.82) is 0 Å². The molecule has 0 saturated carbocycles. The van der Waals surface area contributed by atoms with Crippen LogP contribution in [0, 0.1) is 0 Å².